The van der Waals surface area contributed by atoms with E-state index in [1.165, 1.54) is 12.0 Å². The summed E-state index contributed by atoms with van der Waals surface area (Å²) in [5, 5.41) is 9.61. The largest absolute Gasteiger partial charge is 0.467 e. The summed E-state index contributed by atoms with van der Waals surface area (Å²) in [4.78, 5) is 25.2. The minimum absolute atomic E-state index is 0.160. The molecule has 2 atom stereocenters. The molecule has 5 nitrogen and oxygen atoms in total. The molecule has 1 fully saturated rings. The van der Waals surface area contributed by atoms with Gasteiger partial charge in [-0.05, 0) is 12.1 Å². The summed E-state index contributed by atoms with van der Waals surface area (Å²) >= 11 is 0. The molecule has 0 aromatic heterocycles. The second-order valence-electron chi connectivity index (χ2n) is 4.25. The van der Waals surface area contributed by atoms with Crippen LogP contribution in [-0.4, -0.2) is 47.7 Å². The second kappa shape index (κ2) is 5.18. The van der Waals surface area contributed by atoms with Crippen LogP contribution >= 0.6 is 0 Å². The van der Waals surface area contributed by atoms with Gasteiger partial charge in [0.1, 0.15) is 6.04 Å². The Bertz CT molecular complexity index is 446. The number of amides is 1. The third-order valence-corrected chi connectivity index (χ3v) is 3.03. The van der Waals surface area contributed by atoms with Gasteiger partial charge in [0, 0.05) is 18.5 Å². The quantitative estimate of drug-likeness (QED) is 0.772. The predicted molar refractivity (Wildman–Crippen MR) is 63.9 cm³/mol. The highest BCUT2D eigenvalue weighted by molar-refractivity contribution is 5.97. The number of aliphatic hydroxyl groups is 1. The molecule has 2 rings (SSSR count). The first-order valence-electron chi connectivity index (χ1n) is 5.75. The van der Waals surface area contributed by atoms with Gasteiger partial charge in [-0.15, -0.1) is 0 Å². The van der Waals surface area contributed by atoms with E-state index in [0.717, 1.165) is 0 Å². The zero-order valence-electron chi connectivity index (χ0n) is 10.1. The average Bonchev–Trinajstić information content (AvgIpc) is 2.80. The van der Waals surface area contributed by atoms with Crippen LogP contribution in [0.4, 0.5) is 0 Å². The van der Waals surface area contributed by atoms with Gasteiger partial charge in [0.2, 0.25) is 0 Å². The van der Waals surface area contributed by atoms with Crippen molar-refractivity contribution in [1.29, 1.82) is 0 Å². The van der Waals surface area contributed by atoms with Crippen molar-refractivity contribution in [2.45, 2.75) is 18.6 Å². The van der Waals surface area contributed by atoms with Crippen LogP contribution in [0.25, 0.3) is 0 Å². The second-order valence-corrected chi connectivity index (χ2v) is 4.25. The number of likely N-dealkylation sites (tertiary alicyclic amines) is 1. The Morgan fingerprint density at radius 1 is 1.33 bits per heavy atom. The molecule has 0 aliphatic carbocycles. The van der Waals surface area contributed by atoms with Crippen molar-refractivity contribution in [2.75, 3.05) is 13.7 Å². The molecule has 5 heteroatoms. The lowest BCUT2D eigenvalue weighted by molar-refractivity contribution is -0.145. The Kier molecular flexibility index (Phi) is 3.62. The Labute approximate surface area is 105 Å². The maximum atomic E-state index is 12.2. The van der Waals surface area contributed by atoms with Crippen LogP contribution in [0.15, 0.2) is 30.3 Å². The number of carbonyl (C=O) groups is 2. The number of benzene rings is 1. The van der Waals surface area contributed by atoms with Gasteiger partial charge in [-0.25, -0.2) is 4.79 Å². The van der Waals surface area contributed by atoms with Crippen LogP contribution in [-0.2, 0) is 9.53 Å². The first-order valence-corrected chi connectivity index (χ1v) is 5.75. The molecule has 0 bridgehead atoms. The van der Waals surface area contributed by atoms with E-state index < -0.39 is 18.1 Å². The zero-order chi connectivity index (χ0) is 13.1. The normalized spacial score (nSPS) is 22.9. The summed E-state index contributed by atoms with van der Waals surface area (Å²) in [5.41, 5.74) is 0.500. The molecular formula is C13H15NO4. The number of rotatable bonds is 2. The number of esters is 1. The molecule has 1 aliphatic rings. The Morgan fingerprint density at radius 3 is 2.61 bits per heavy atom. The standard InChI is InChI=1S/C13H15NO4/c1-18-13(17)11-7-10(15)8-14(11)12(16)9-5-3-2-4-6-9/h2-6,10-11,15H,7-8H2,1H3. The van der Waals surface area contributed by atoms with Crippen LogP contribution in [0.1, 0.15) is 16.8 Å². The van der Waals surface area contributed by atoms with Crippen LogP contribution in [0, 0.1) is 0 Å². The van der Waals surface area contributed by atoms with Gasteiger partial charge >= 0.3 is 5.97 Å². The smallest absolute Gasteiger partial charge is 0.328 e. The molecule has 0 radical (unpaired) electrons. The topological polar surface area (TPSA) is 66.8 Å². The van der Waals surface area contributed by atoms with E-state index in [1.807, 2.05) is 6.07 Å². The number of ether oxygens (including phenoxy) is 1. The van der Waals surface area contributed by atoms with Gasteiger partial charge in [0.25, 0.3) is 5.91 Å². The highest BCUT2D eigenvalue weighted by atomic mass is 16.5. The number of hydrogen-bond acceptors (Lipinski definition) is 4. The number of methoxy groups -OCH3 is 1. The van der Waals surface area contributed by atoms with E-state index in [2.05, 4.69) is 4.74 Å². The number of nitrogens with zero attached hydrogens (tertiary/aromatic N) is 1. The molecule has 0 spiro atoms. The fourth-order valence-corrected chi connectivity index (χ4v) is 2.14. The van der Waals surface area contributed by atoms with E-state index in [4.69, 9.17) is 0 Å². The highest BCUT2D eigenvalue weighted by Gasteiger charge is 2.39. The zero-order valence-corrected chi connectivity index (χ0v) is 10.1. The first kappa shape index (κ1) is 12.6. The number of aliphatic hydroxyl groups excluding tert-OH is 1. The van der Waals surface area contributed by atoms with Crippen molar-refractivity contribution in [1.82, 2.24) is 4.90 Å². The molecular weight excluding hydrogens is 234 g/mol. The Morgan fingerprint density at radius 2 is 2.00 bits per heavy atom. The molecule has 18 heavy (non-hydrogen) atoms. The lowest BCUT2D eigenvalue weighted by Gasteiger charge is -2.22. The lowest BCUT2D eigenvalue weighted by Crippen LogP contribution is -2.41. The van der Waals surface area contributed by atoms with Crippen molar-refractivity contribution < 1.29 is 19.4 Å². The molecule has 2 unspecified atom stereocenters. The summed E-state index contributed by atoms with van der Waals surface area (Å²) in [6.45, 7) is 0.160. The first-order chi connectivity index (χ1) is 8.63. The third kappa shape index (κ3) is 2.36. The molecule has 1 N–H and O–H groups in total. The van der Waals surface area contributed by atoms with Gasteiger partial charge < -0.3 is 14.7 Å². The number of hydrogen-bond donors (Lipinski definition) is 1. The van der Waals surface area contributed by atoms with Gasteiger partial charge in [-0.3, -0.25) is 4.79 Å². The highest BCUT2D eigenvalue weighted by Crippen LogP contribution is 2.21. The van der Waals surface area contributed by atoms with E-state index in [0.29, 0.717) is 5.56 Å². The van der Waals surface area contributed by atoms with Crippen molar-refractivity contribution in [2.24, 2.45) is 0 Å². The average molecular weight is 249 g/mol. The SMILES string of the molecule is COC(=O)C1CC(O)CN1C(=O)c1ccccc1. The minimum atomic E-state index is -0.697. The molecule has 1 heterocycles. The maximum absolute atomic E-state index is 12.2. The van der Waals surface area contributed by atoms with Gasteiger partial charge in [-0.2, -0.15) is 0 Å². The van der Waals surface area contributed by atoms with E-state index in [1.54, 1.807) is 24.3 Å². The van der Waals surface area contributed by atoms with Gasteiger partial charge in [-0.1, -0.05) is 18.2 Å². The van der Waals surface area contributed by atoms with E-state index in [-0.39, 0.29) is 18.9 Å². The van der Waals surface area contributed by atoms with Crippen molar-refractivity contribution in [3.63, 3.8) is 0 Å². The molecule has 0 saturated carbocycles. The fraction of sp³-hybridized carbons (Fsp3) is 0.385. The molecule has 1 aromatic carbocycles. The summed E-state index contributed by atoms with van der Waals surface area (Å²) in [7, 11) is 1.28. The van der Waals surface area contributed by atoms with Crippen molar-refractivity contribution >= 4 is 11.9 Å². The maximum Gasteiger partial charge on any atom is 0.328 e. The van der Waals surface area contributed by atoms with Crippen LogP contribution in [0.3, 0.4) is 0 Å². The van der Waals surface area contributed by atoms with E-state index >= 15 is 0 Å². The van der Waals surface area contributed by atoms with Gasteiger partial charge in [0.05, 0.1) is 13.2 Å². The Balaban J connectivity index is 2.21. The molecule has 1 saturated heterocycles. The summed E-state index contributed by atoms with van der Waals surface area (Å²) in [6, 6.07) is 7.99. The number of β-amino-alcohol motifs (C(OH)–C–C–N with tert-alkyl or cyclic N) is 1. The van der Waals surface area contributed by atoms with Crippen LogP contribution in [0.2, 0.25) is 0 Å². The van der Waals surface area contributed by atoms with Crippen LogP contribution in [0.5, 0.6) is 0 Å². The molecule has 1 aliphatic heterocycles. The van der Waals surface area contributed by atoms with Gasteiger partial charge in [0.15, 0.2) is 0 Å². The summed E-state index contributed by atoms with van der Waals surface area (Å²) in [6.07, 6.45) is -0.451. The monoisotopic (exact) mass is 249 g/mol. The fourth-order valence-electron chi connectivity index (χ4n) is 2.14. The number of carbonyl (C=O) groups excluding carboxylic acids is 2. The summed E-state index contributed by atoms with van der Waals surface area (Å²) < 4.78 is 4.65. The van der Waals surface area contributed by atoms with Crippen molar-refractivity contribution in [3.8, 4) is 0 Å². The Hall–Kier alpha value is -1.88. The predicted octanol–water partition coefficient (Wildman–Crippen LogP) is 0.435. The van der Waals surface area contributed by atoms with Crippen molar-refractivity contribution in [3.05, 3.63) is 35.9 Å². The molecule has 96 valence electrons. The summed E-state index contributed by atoms with van der Waals surface area (Å²) in [5.74, 6) is -0.751. The van der Waals surface area contributed by atoms with Crippen LogP contribution < -0.4 is 0 Å². The molecule has 1 aromatic rings. The third-order valence-electron chi connectivity index (χ3n) is 3.03. The lowest BCUT2D eigenvalue weighted by atomic mass is 10.1. The minimum Gasteiger partial charge on any atom is -0.467 e. The molecule has 1 amide bonds. The van der Waals surface area contributed by atoms with E-state index in [9.17, 15) is 14.7 Å².